The van der Waals surface area contributed by atoms with Gasteiger partial charge >= 0.3 is 0 Å². The molecule has 3 fully saturated rings. The van der Waals surface area contributed by atoms with E-state index >= 15 is 9.59 Å². The largest absolute Gasteiger partial charge is 0.378 e. The van der Waals surface area contributed by atoms with E-state index in [4.69, 9.17) is 11.5 Å². The van der Waals surface area contributed by atoms with Crippen LogP contribution < -0.4 is 64.2 Å². The van der Waals surface area contributed by atoms with Crippen LogP contribution >= 0.6 is 0 Å². The molecular formula is C65H102N14O11. The average Bonchev–Trinajstić information content (AvgIpc) is 1.64. The van der Waals surface area contributed by atoms with Crippen molar-refractivity contribution in [1.29, 1.82) is 0 Å². The first-order chi connectivity index (χ1) is 42.7. The number of carbonyl (C=O) groups is 11. The number of amides is 11. The van der Waals surface area contributed by atoms with Crippen LogP contribution in [-0.4, -0.2) is 182 Å². The number of unbranched alkanes of at least 4 members (excludes halogenated alkanes) is 2. The highest BCUT2D eigenvalue weighted by Crippen LogP contribution is 2.24. The molecule has 0 bridgehead atoms. The summed E-state index contributed by atoms with van der Waals surface area (Å²) in [6, 6.07) is 3.33. The second-order valence-corrected chi connectivity index (χ2v) is 25.9. The summed E-state index contributed by atoms with van der Waals surface area (Å²) < 4.78 is 0. The normalized spacial score (nSPS) is 25.2. The van der Waals surface area contributed by atoms with Crippen LogP contribution in [0.5, 0.6) is 0 Å². The lowest BCUT2D eigenvalue weighted by molar-refractivity contribution is -0.143. The molecule has 0 spiro atoms. The first kappa shape index (κ1) is 73.1. The Morgan fingerprint density at radius 1 is 0.511 bits per heavy atom. The van der Waals surface area contributed by atoms with Crippen LogP contribution in [0.2, 0.25) is 0 Å². The molecule has 3 aliphatic rings. The van der Waals surface area contributed by atoms with Crippen molar-refractivity contribution in [3.05, 3.63) is 65.7 Å². The zero-order valence-electron chi connectivity index (χ0n) is 54.5. The molecule has 5 rings (SSSR count). The summed E-state index contributed by atoms with van der Waals surface area (Å²) in [5, 5.41) is 25.6. The molecule has 3 saturated heterocycles. The van der Waals surface area contributed by atoms with Crippen molar-refractivity contribution in [3.8, 4) is 0 Å². The molecule has 0 saturated carbocycles. The number of nitrogens with one attached hydrogen (secondary N) is 9. The van der Waals surface area contributed by atoms with E-state index in [0.717, 1.165) is 5.69 Å². The number of rotatable bonds is 20. The monoisotopic (exact) mass is 1250 g/mol. The summed E-state index contributed by atoms with van der Waals surface area (Å²) in [5.74, 6) is -8.99. The summed E-state index contributed by atoms with van der Waals surface area (Å²) >= 11 is 0. The van der Waals surface area contributed by atoms with Gasteiger partial charge in [-0.2, -0.15) is 0 Å². The summed E-state index contributed by atoms with van der Waals surface area (Å²) in [4.78, 5) is 166. The van der Waals surface area contributed by atoms with Crippen LogP contribution in [0, 0.1) is 23.7 Å². The molecular weight excluding hydrogens is 1150 g/mol. The molecule has 13 N–H and O–H groups in total. The Morgan fingerprint density at radius 3 is 1.37 bits per heavy atom. The number of benzene rings is 2. The van der Waals surface area contributed by atoms with E-state index in [2.05, 4.69) is 47.9 Å². The van der Waals surface area contributed by atoms with Crippen molar-refractivity contribution in [2.75, 3.05) is 51.7 Å². The van der Waals surface area contributed by atoms with Gasteiger partial charge in [0.15, 0.2) is 0 Å². The van der Waals surface area contributed by atoms with Crippen LogP contribution in [0.1, 0.15) is 148 Å². The molecule has 11 amide bonds. The van der Waals surface area contributed by atoms with E-state index in [-0.39, 0.29) is 82.0 Å². The minimum atomic E-state index is -1.51. The van der Waals surface area contributed by atoms with Gasteiger partial charge in [0.2, 0.25) is 59.1 Å². The molecule has 0 aromatic heterocycles. The lowest BCUT2D eigenvalue weighted by atomic mass is 9.99. The Labute approximate surface area is 530 Å². The van der Waals surface area contributed by atoms with Crippen molar-refractivity contribution in [2.45, 2.75) is 199 Å². The zero-order chi connectivity index (χ0) is 66.4. The molecule has 25 nitrogen and oxygen atoms in total. The highest BCUT2D eigenvalue weighted by Gasteiger charge is 2.43. The van der Waals surface area contributed by atoms with Gasteiger partial charge in [0.05, 0.1) is 0 Å². The molecule has 3 aliphatic heterocycles. The molecule has 3 heterocycles. The molecule has 2 aromatic rings. The number of anilines is 1. The number of fused-ring (bicyclic) bond motifs is 2. The number of carbonyl (C=O) groups excluding carboxylic acids is 11. The summed E-state index contributed by atoms with van der Waals surface area (Å²) in [6.07, 6.45) is 3.31. The van der Waals surface area contributed by atoms with Gasteiger partial charge in [-0.25, -0.2) is 0 Å². The van der Waals surface area contributed by atoms with E-state index in [9.17, 15) is 43.2 Å². The predicted octanol–water partition coefficient (Wildman–Crippen LogP) is 1.26. The molecule has 0 aliphatic carbocycles. The third kappa shape index (κ3) is 21.5. The van der Waals surface area contributed by atoms with E-state index in [1.54, 1.807) is 70.2 Å². The molecule has 498 valence electrons. The van der Waals surface area contributed by atoms with Crippen LogP contribution in [0.3, 0.4) is 0 Å². The van der Waals surface area contributed by atoms with Crippen molar-refractivity contribution in [1.82, 2.24) is 57.7 Å². The second kappa shape index (κ2) is 35.7. The van der Waals surface area contributed by atoms with Gasteiger partial charge in [0.1, 0.15) is 60.4 Å². The van der Waals surface area contributed by atoms with E-state index < -0.39 is 144 Å². The maximum Gasteiger partial charge on any atom is 0.251 e. The Hall–Kier alpha value is -7.67. The lowest BCUT2D eigenvalue weighted by Crippen LogP contribution is -2.62. The fraction of sp³-hybridized carbons (Fsp3) is 0.646. The smallest absolute Gasteiger partial charge is 0.251 e. The van der Waals surface area contributed by atoms with Gasteiger partial charge in [0.25, 0.3) is 5.91 Å². The fourth-order valence-corrected chi connectivity index (χ4v) is 11.6. The minimum Gasteiger partial charge on any atom is -0.378 e. The van der Waals surface area contributed by atoms with Crippen molar-refractivity contribution >= 4 is 70.7 Å². The average molecular weight is 1260 g/mol. The van der Waals surface area contributed by atoms with Crippen molar-refractivity contribution < 1.29 is 52.7 Å². The highest BCUT2D eigenvalue weighted by atomic mass is 16.2. The van der Waals surface area contributed by atoms with Crippen LogP contribution in [-0.2, 0) is 54.4 Å². The van der Waals surface area contributed by atoms with Crippen LogP contribution in [0.4, 0.5) is 5.69 Å². The Kier molecular flexibility index (Phi) is 28.9. The molecule has 25 heteroatoms. The van der Waals surface area contributed by atoms with Gasteiger partial charge in [-0.1, -0.05) is 91.8 Å². The third-order valence-corrected chi connectivity index (χ3v) is 16.6. The standard InChI is InChI=1S/C65H102N14O11/c1-38(2)33-47-58(83)73-49(35-42-21-12-11-13-22-42)64(89)78-31-19-27-51(78)60(85)75-53(40(5)6)62(87)70-46(26-15-17-30-67)57(82)72-48(34-39(3)4)59(84)74-50(37-68-55(80)43-23-18-24-44(36-43)77(9)10)65(90)79-32-20-28-52(79)61(86)76-54(41(7)8)63(88)69-45(56(81)71-47)25-14-16-29-66/h11-13,18,21-24,36,38-41,45-54H,14-17,19-20,25-35,37,66-67H2,1-10H3,(H,68,80)(H,69,88)(H,70,87)(H,71,81)(H,72,82)(H,73,83)(H,74,84)(H,75,85)(H,76,86)/t45-,46-,47-,48-,49-,50-,51-,52-,53-,54-/m0/s1. The summed E-state index contributed by atoms with van der Waals surface area (Å²) in [7, 11) is 3.63. The number of hydrogen-bond acceptors (Lipinski definition) is 14. The molecule has 0 unspecified atom stereocenters. The maximum absolute atomic E-state index is 15.1. The molecule has 0 radical (unpaired) electrons. The fourth-order valence-electron chi connectivity index (χ4n) is 11.6. The van der Waals surface area contributed by atoms with Gasteiger partial charge in [0, 0.05) is 51.4 Å². The van der Waals surface area contributed by atoms with E-state index in [1.807, 2.05) is 58.8 Å². The first-order valence-electron chi connectivity index (χ1n) is 32.3. The second-order valence-electron chi connectivity index (χ2n) is 25.9. The lowest BCUT2D eigenvalue weighted by Gasteiger charge is -2.33. The minimum absolute atomic E-state index is 0.0154. The van der Waals surface area contributed by atoms with Gasteiger partial charge in [-0.15, -0.1) is 0 Å². The van der Waals surface area contributed by atoms with Crippen molar-refractivity contribution in [3.63, 3.8) is 0 Å². The Bertz CT molecular complexity index is 2780. The van der Waals surface area contributed by atoms with E-state index in [1.165, 1.54) is 9.80 Å². The number of nitrogens with two attached hydrogens (primary N) is 2. The molecule has 90 heavy (non-hydrogen) atoms. The SMILES string of the molecule is CC(C)C[C@@H]1NC(=O)[C@H](CCCCN)NC(=O)[C@H](C(C)C)NC(=O)[C@@H]2CCCN2C(=O)[C@H](Cc2ccccc2)NC(=O)[C@H](CC(C)C)NC(=O)[C@H](CCCCN)NC(=O)[C@H](C(C)C)NC(=O)[C@@H]2CCCN2C(=O)[C@H](CNC(=O)c2cccc(N(C)C)c2)NC1=O. The quantitative estimate of drug-likeness (QED) is 0.0832. The number of nitrogens with zero attached hydrogens (tertiary/aromatic N) is 3. The van der Waals surface area contributed by atoms with Crippen molar-refractivity contribution in [2.24, 2.45) is 35.1 Å². The first-order valence-corrected chi connectivity index (χ1v) is 32.3. The predicted molar refractivity (Wildman–Crippen MR) is 343 cm³/mol. The van der Waals surface area contributed by atoms with Gasteiger partial charge in [-0.3, -0.25) is 52.7 Å². The van der Waals surface area contributed by atoms with Crippen LogP contribution in [0.15, 0.2) is 54.6 Å². The Morgan fingerprint density at radius 2 is 0.933 bits per heavy atom. The topological polar surface area (TPSA) is 358 Å². The maximum atomic E-state index is 15.1. The zero-order valence-corrected chi connectivity index (χ0v) is 54.5. The van der Waals surface area contributed by atoms with Gasteiger partial charge in [-0.05, 0) is 138 Å². The van der Waals surface area contributed by atoms with Crippen LogP contribution in [0.25, 0.3) is 0 Å². The summed E-state index contributed by atoms with van der Waals surface area (Å²) in [5.41, 5.74) is 13.5. The Balaban J connectivity index is 1.61. The summed E-state index contributed by atoms with van der Waals surface area (Å²) in [6.45, 7) is 14.6. The molecule has 2 aromatic carbocycles. The highest BCUT2D eigenvalue weighted by molar-refractivity contribution is 6.01. The molecule has 10 atom stereocenters. The number of hydrogen-bond donors (Lipinski definition) is 11. The van der Waals surface area contributed by atoms with Gasteiger partial charge < -0.3 is 74.0 Å². The third-order valence-electron chi connectivity index (χ3n) is 16.6. The van der Waals surface area contributed by atoms with E-state index in [0.29, 0.717) is 50.6 Å².